The second-order valence-electron chi connectivity index (χ2n) is 4.94. The largest absolute Gasteiger partial charge is 0.496 e. The highest BCUT2D eigenvalue weighted by molar-refractivity contribution is 5.59. The molecule has 1 aromatic carbocycles. The smallest absolute Gasteiger partial charge is 0.163 e. The zero-order valence-electron chi connectivity index (χ0n) is 12.3. The van der Waals surface area contributed by atoms with Gasteiger partial charge in [-0.15, -0.1) is 0 Å². The second kappa shape index (κ2) is 5.96. The molecule has 2 N–H and O–H groups in total. The molecule has 5 heteroatoms. The Bertz CT molecular complexity index is 611. The molecule has 1 heterocycles. The van der Waals surface area contributed by atoms with E-state index in [0.29, 0.717) is 29.9 Å². The van der Waals surface area contributed by atoms with Gasteiger partial charge in [-0.2, -0.15) is 0 Å². The van der Waals surface area contributed by atoms with Crippen LogP contribution in [0.3, 0.4) is 0 Å². The lowest BCUT2D eigenvalue weighted by Gasteiger charge is -2.13. The second-order valence-corrected chi connectivity index (χ2v) is 4.94. The highest BCUT2D eigenvalue weighted by atomic mass is 16.5. The molecule has 0 atom stereocenters. The van der Waals surface area contributed by atoms with Crippen LogP contribution in [0.4, 0.5) is 0 Å². The van der Waals surface area contributed by atoms with Crippen molar-refractivity contribution in [2.75, 3.05) is 7.11 Å². The Morgan fingerprint density at radius 3 is 2.55 bits per heavy atom. The molecule has 0 amide bonds. The third-order valence-corrected chi connectivity index (χ3v) is 3.09. The summed E-state index contributed by atoms with van der Waals surface area (Å²) in [6.45, 7) is 6.41. The summed E-state index contributed by atoms with van der Waals surface area (Å²) >= 11 is 0. The summed E-state index contributed by atoms with van der Waals surface area (Å²) in [4.78, 5) is 13.0. The van der Waals surface area contributed by atoms with Gasteiger partial charge in [-0.1, -0.05) is 13.8 Å². The molecule has 0 aliphatic heterocycles. The third kappa shape index (κ3) is 2.93. The molecule has 0 spiro atoms. The minimum atomic E-state index is 0.309. The first-order valence-electron chi connectivity index (χ1n) is 6.65. The van der Waals surface area contributed by atoms with Gasteiger partial charge in [0.1, 0.15) is 17.4 Å². The van der Waals surface area contributed by atoms with Crippen LogP contribution in [0.2, 0.25) is 0 Å². The summed E-state index contributed by atoms with van der Waals surface area (Å²) in [5, 5.41) is 0. The molecule has 0 fully saturated rings. The quantitative estimate of drug-likeness (QED) is 0.925. The summed E-state index contributed by atoms with van der Waals surface area (Å²) in [7, 11) is 1.68. The van der Waals surface area contributed by atoms with E-state index in [1.165, 1.54) is 0 Å². The Kier molecular flexibility index (Phi) is 4.29. The number of nitrogens with two attached hydrogens (primary N) is 1. The van der Waals surface area contributed by atoms with Crippen molar-refractivity contribution in [2.24, 2.45) is 5.73 Å². The maximum atomic E-state index is 5.62. The molecule has 0 saturated heterocycles. The molecule has 5 nitrogen and oxygen atoms in total. The minimum Gasteiger partial charge on any atom is -0.496 e. The molecule has 0 radical (unpaired) electrons. The van der Waals surface area contributed by atoms with Gasteiger partial charge >= 0.3 is 0 Å². The normalized spacial score (nSPS) is 10.9. The zero-order chi connectivity index (χ0) is 14.7. The van der Waals surface area contributed by atoms with Gasteiger partial charge < -0.3 is 10.5 Å². The molecule has 20 heavy (non-hydrogen) atoms. The van der Waals surface area contributed by atoms with E-state index in [0.717, 1.165) is 16.9 Å². The summed E-state index contributed by atoms with van der Waals surface area (Å²) < 4.78 is 5.39. The lowest BCUT2D eigenvalue weighted by molar-refractivity contribution is 0.407. The number of ether oxygens (including phenoxy) is 1. The fourth-order valence-corrected chi connectivity index (χ4v) is 2.08. The van der Waals surface area contributed by atoms with Gasteiger partial charge in [-0.3, -0.25) is 0 Å². The Morgan fingerprint density at radius 1 is 1.20 bits per heavy atom. The van der Waals surface area contributed by atoms with Crippen molar-refractivity contribution >= 4 is 0 Å². The van der Waals surface area contributed by atoms with Crippen molar-refractivity contribution in [3.8, 4) is 17.1 Å². The number of methoxy groups -OCH3 is 1. The molecular weight excluding hydrogens is 252 g/mol. The first-order valence-corrected chi connectivity index (χ1v) is 6.65. The molecule has 2 aromatic rings. The van der Waals surface area contributed by atoms with Crippen LogP contribution in [-0.4, -0.2) is 22.1 Å². The van der Waals surface area contributed by atoms with E-state index in [2.05, 4.69) is 34.9 Å². The predicted octanol–water partition coefficient (Wildman–Crippen LogP) is 2.44. The number of aromatic nitrogens is 3. The van der Waals surface area contributed by atoms with Crippen LogP contribution in [0.5, 0.6) is 5.75 Å². The molecular formula is C15H20N4O. The fraction of sp³-hybridized carbons (Fsp3) is 0.400. The number of aryl methyl sites for hydroxylation is 1. The average molecular weight is 272 g/mol. The summed E-state index contributed by atoms with van der Waals surface area (Å²) in [5.74, 6) is 3.18. The van der Waals surface area contributed by atoms with Crippen LogP contribution in [0.15, 0.2) is 18.2 Å². The maximum Gasteiger partial charge on any atom is 0.163 e. The molecule has 0 unspecified atom stereocenters. The Hall–Kier alpha value is -2.01. The molecule has 2 rings (SSSR count). The minimum absolute atomic E-state index is 0.309. The van der Waals surface area contributed by atoms with Gasteiger partial charge in [-0.25, -0.2) is 15.0 Å². The summed E-state index contributed by atoms with van der Waals surface area (Å²) in [6, 6.07) is 5.98. The zero-order valence-corrected chi connectivity index (χ0v) is 12.3. The van der Waals surface area contributed by atoms with Gasteiger partial charge in [-0.05, 0) is 36.6 Å². The van der Waals surface area contributed by atoms with Crippen LogP contribution in [0.1, 0.15) is 37.0 Å². The van der Waals surface area contributed by atoms with Gasteiger partial charge in [0.2, 0.25) is 0 Å². The first kappa shape index (κ1) is 14.4. The number of benzene rings is 1. The number of nitrogens with zero attached hydrogens (tertiary/aromatic N) is 3. The summed E-state index contributed by atoms with van der Waals surface area (Å²) in [5.41, 5.74) is 7.71. The topological polar surface area (TPSA) is 73.9 Å². The Balaban J connectivity index is 2.53. The Labute approximate surface area is 119 Å². The van der Waals surface area contributed by atoms with E-state index >= 15 is 0 Å². The highest BCUT2D eigenvalue weighted by Gasteiger charge is 2.12. The SMILES string of the molecule is COc1ccc(-c2nc(C)nc(CN)n2)cc1C(C)C. The van der Waals surface area contributed by atoms with E-state index < -0.39 is 0 Å². The number of hydrogen-bond donors (Lipinski definition) is 1. The van der Waals surface area contributed by atoms with Crippen LogP contribution >= 0.6 is 0 Å². The lowest BCUT2D eigenvalue weighted by Crippen LogP contribution is -2.07. The van der Waals surface area contributed by atoms with E-state index in [-0.39, 0.29) is 0 Å². The predicted molar refractivity (Wildman–Crippen MR) is 78.5 cm³/mol. The molecule has 1 aromatic heterocycles. The summed E-state index contributed by atoms with van der Waals surface area (Å²) in [6.07, 6.45) is 0. The first-order chi connectivity index (χ1) is 9.55. The highest BCUT2D eigenvalue weighted by Crippen LogP contribution is 2.30. The van der Waals surface area contributed by atoms with Gasteiger partial charge in [0, 0.05) is 5.56 Å². The van der Waals surface area contributed by atoms with Crippen molar-refractivity contribution in [3.63, 3.8) is 0 Å². The van der Waals surface area contributed by atoms with E-state index in [1.54, 1.807) is 7.11 Å². The molecule has 0 aliphatic carbocycles. The van der Waals surface area contributed by atoms with Crippen LogP contribution in [0.25, 0.3) is 11.4 Å². The number of rotatable bonds is 4. The van der Waals surface area contributed by atoms with Crippen LogP contribution in [0, 0.1) is 6.92 Å². The van der Waals surface area contributed by atoms with Crippen molar-refractivity contribution in [1.82, 2.24) is 15.0 Å². The van der Waals surface area contributed by atoms with E-state index in [4.69, 9.17) is 10.5 Å². The lowest BCUT2D eigenvalue weighted by atomic mass is 9.99. The van der Waals surface area contributed by atoms with Crippen molar-refractivity contribution in [1.29, 1.82) is 0 Å². The fourth-order valence-electron chi connectivity index (χ4n) is 2.08. The standard InChI is InChI=1S/C15H20N4O/c1-9(2)12-7-11(5-6-13(12)20-4)15-18-10(3)17-14(8-16)19-15/h5-7,9H,8,16H2,1-4H3. The molecule has 0 bridgehead atoms. The Morgan fingerprint density at radius 2 is 1.95 bits per heavy atom. The molecule has 106 valence electrons. The van der Waals surface area contributed by atoms with Crippen LogP contribution in [-0.2, 0) is 6.54 Å². The maximum absolute atomic E-state index is 5.62. The van der Waals surface area contributed by atoms with E-state index in [9.17, 15) is 0 Å². The van der Waals surface area contributed by atoms with Crippen LogP contribution < -0.4 is 10.5 Å². The van der Waals surface area contributed by atoms with E-state index in [1.807, 2.05) is 19.1 Å². The molecule has 0 saturated carbocycles. The van der Waals surface area contributed by atoms with Crippen molar-refractivity contribution < 1.29 is 4.74 Å². The van der Waals surface area contributed by atoms with Crippen molar-refractivity contribution in [3.05, 3.63) is 35.4 Å². The monoisotopic (exact) mass is 272 g/mol. The third-order valence-electron chi connectivity index (χ3n) is 3.09. The van der Waals surface area contributed by atoms with Crippen molar-refractivity contribution in [2.45, 2.75) is 33.2 Å². The average Bonchev–Trinajstić information content (AvgIpc) is 2.45. The van der Waals surface area contributed by atoms with Gasteiger partial charge in [0.05, 0.1) is 13.7 Å². The van der Waals surface area contributed by atoms with Gasteiger partial charge in [0.25, 0.3) is 0 Å². The number of hydrogen-bond acceptors (Lipinski definition) is 5. The van der Waals surface area contributed by atoms with Gasteiger partial charge in [0.15, 0.2) is 5.82 Å². The molecule has 0 aliphatic rings.